The van der Waals surface area contributed by atoms with Crippen LogP contribution in [-0.2, 0) is 12.7 Å². The molecule has 3 amide bonds. The van der Waals surface area contributed by atoms with Crippen LogP contribution in [0.15, 0.2) is 54.7 Å². The third-order valence-corrected chi connectivity index (χ3v) is 4.64. The average Bonchev–Trinajstić information content (AvgIpc) is 2.83. The minimum absolute atomic E-state index is 0.0383. The number of urea groups is 1. The number of rotatable bonds is 7. The number of hydrogen-bond donors (Lipinski definition) is 3. The largest absolute Gasteiger partial charge is 0.495 e. The predicted octanol–water partition coefficient (Wildman–Crippen LogP) is 4.72. The first-order valence-electron chi connectivity index (χ1n) is 10.0. The molecule has 0 radical (unpaired) electrons. The second-order valence-corrected chi connectivity index (χ2v) is 7.04. The number of carbonyl (C=O) groups excluding carboxylic acids is 2. The van der Waals surface area contributed by atoms with E-state index in [0.717, 1.165) is 24.3 Å². The van der Waals surface area contributed by atoms with Gasteiger partial charge in [0.15, 0.2) is 11.6 Å². The summed E-state index contributed by atoms with van der Waals surface area (Å²) in [7, 11) is 2.70. The van der Waals surface area contributed by atoms with Crippen LogP contribution < -0.4 is 25.4 Å². The van der Waals surface area contributed by atoms with Crippen LogP contribution in [-0.4, -0.2) is 31.1 Å². The molecule has 8 nitrogen and oxygen atoms in total. The Balaban J connectivity index is 1.64. The van der Waals surface area contributed by atoms with Crippen LogP contribution in [0.25, 0.3) is 0 Å². The maximum Gasteiger partial charge on any atom is 0.416 e. The van der Waals surface area contributed by atoms with Crippen LogP contribution in [0.3, 0.4) is 0 Å². The van der Waals surface area contributed by atoms with Gasteiger partial charge in [-0.15, -0.1) is 0 Å². The molecular formula is C23H20F4N4O4. The molecule has 184 valence electrons. The molecule has 3 N–H and O–H groups in total. The van der Waals surface area contributed by atoms with E-state index < -0.39 is 29.5 Å². The molecular weight excluding hydrogens is 472 g/mol. The zero-order valence-electron chi connectivity index (χ0n) is 18.5. The summed E-state index contributed by atoms with van der Waals surface area (Å²) in [5.41, 5.74) is -0.678. The summed E-state index contributed by atoms with van der Waals surface area (Å²) < 4.78 is 63.8. The average molecular weight is 492 g/mol. The molecule has 2 aromatic carbocycles. The molecule has 0 aliphatic carbocycles. The summed E-state index contributed by atoms with van der Waals surface area (Å²) in [6.07, 6.45) is -3.26. The molecule has 0 saturated heterocycles. The van der Waals surface area contributed by atoms with Gasteiger partial charge in [0.2, 0.25) is 0 Å². The maximum absolute atomic E-state index is 14.5. The standard InChI is InChI=1S/C23H20F4N4O4/c1-28-21(32)18-11-15(7-8-29-18)35-19-5-3-13(9-16(19)24)12-30-22(33)31-17-10-14(23(25,26)27)4-6-20(17)34-2/h3-11H,12H2,1-2H3,(H,28,32)(H2,30,31,33). The van der Waals surface area contributed by atoms with Crippen molar-refractivity contribution in [2.45, 2.75) is 12.7 Å². The molecule has 3 aromatic rings. The molecule has 0 unspecified atom stereocenters. The Morgan fingerprint density at radius 3 is 2.43 bits per heavy atom. The Hall–Kier alpha value is -4.35. The molecule has 12 heteroatoms. The van der Waals surface area contributed by atoms with E-state index in [1.807, 2.05) is 0 Å². The van der Waals surface area contributed by atoms with Gasteiger partial charge in [-0.2, -0.15) is 13.2 Å². The monoisotopic (exact) mass is 492 g/mol. The number of hydrogen-bond acceptors (Lipinski definition) is 5. The summed E-state index contributed by atoms with van der Waals surface area (Å²) >= 11 is 0. The Bertz CT molecular complexity index is 1230. The molecule has 3 rings (SSSR count). The Kier molecular flexibility index (Phi) is 7.74. The fourth-order valence-corrected chi connectivity index (χ4v) is 2.92. The number of amides is 3. The molecule has 0 bridgehead atoms. The zero-order chi connectivity index (χ0) is 25.6. The second kappa shape index (κ2) is 10.7. The molecule has 35 heavy (non-hydrogen) atoms. The summed E-state index contributed by atoms with van der Waals surface area (Å²) in [5.74, 6) is -1.06. The summed E-state index contributed by atoms with van der Waals surface area (Å²) in [6.45, 7) is -0.125. The highest BCUT2D eigenvalue weighted by molar-refractivity contribution is 5.92. The SMILES string of the molecule is CNC(=O)c1cc(Oc2ccc(CNC(=O)Nc3cc(C(F)(F)F)ccc3OC)cc2F)ccn1. The quantitative estimate of drug-likeness (QED) is 0.415. The van der Waals surface area contributed by atoms with Crippen molar-refractivity contribution in [3.8, 4) is 17.2 Å². The number of halogens is 4. The number of anilines is 1. The van der Waals surface area contributed by atoms with Gasteiger partial charge in [-0.05, 0) is 42.0 Å². The van der Waals surface area contributed by atoms with Crippen molar-refractivity contribution in [3.63, 3.8) is 0 Å². The smallest absolute Gasteiger partial charge is 0.416 e. The third-order valence-electron chi connectivity index (χ3n) is 4.64. The highest BCUT2D eigenvalue weighted by atomic mass is 19.4. The minimum Gasteiger partial charge on any atom is -0.495 e. The van der Waals surface area contributed by atoms with Crippen molar-refractivity contribution in [3.05, 3.63) is 77.4 Å². The maximum atomic E-state index is 14.5. The number of carbonyl (C=O) groups is 2. The molecule has 0 spiro atoms. The molecule has 1 aromatic heterocycles. The minimum atomic E-state index is -4.60. The van der Waals surface area contributed by atoms with Gasteiger partial charge in [0, 0.05) is 25.9 Å². The summed E-state index contributed by atoms with van der Waals surface area (Å²) in [6, 6.07) is 8.60. The first kappa shape index (κ1) is 25.3. The molecule has 0 atom stereocenters. The third kappa shape index (κ3) is 6.59. The molecule has 1 heterocycles. The van der Waals surface area contributed by atoms with Gasteiger partial charge >= 0.3 is 12.2 Å². The number of methoxy groups -OCH3 is 1. The van der Waals surface area contributed by atoms with E-state index in [1.165, 1.54) is 44.6 Å². The van der Waals surface area contributed by atoms with Gasteiger partial charge in [-0.3, -0.25) is 9.78 Å². The normalized spacial score (nSPS) is 10.9. The highest BCUT2D eigenvalue weighted by Crippen LogP contribution is 2.35. The number of alkyl halides is 3. The van der Waals surface area contributed by atoms with Crippen molar-refractivity contribution in [2.75, 3.05) is 19.5 Å². The number of pyridine rings is 1. The van der Waals surface area contributed by atoms with Crippen LogP contribution in [0.5, 0.6) is 17.2 Å². The van der Waals surface area contributed by atoms with E-state index in [2.05, 4.69) is 20.9 Å². The van der Waals surface area contributed by atoms with E-state index >= 15 is 0 Å². The van der Waals surface area contributed by atoms with Gasteiger partial charge in [0.05, 0.1) is 18.4 Å². The highest BCUT2D eigenvalue weighted by Gasteiger charge is 2.31. The Morgan fingerprint density at radius 1 is 1.03 bits per heavy atom. The van der Waals surface area contributed by atoms with Gasteiger partial charge in [0.1, 0.15) is 17.2 Å². The predicted molar refractivity (Wildman–Crippen MR) is 118 cm³/mol. The molecule has 0 fully saturated rings. The van der Waals surface area contributed by atoms with E-state index in [4.69, 9.17) is 9.47 Å². The molecule has 0 saturated carbocycles. The van der Waals surface area contributed by atoms with Gasteiger partial charge in [-0.25, -0.2) is 9.18 Å². The van der Waals surface area contributed by atoms with E-state index in [1.54, 1.807) is 0 Å². The van der Waals surface area contributed by atoms with Gasteiger partial charge < -0.3 is 25.4 Å². The van der Waals surface area contributed by atoms with E-state index in [-0.39, 0.29) is 35.2 Å². The Labute approximate surface area is 197 Å². The van der Waals surface area contributed by atoms with Crippen LogP contribution >= 0.6 is 0 Å². The van der Waals surface area contributed by atoms with E-state index in [0.29, 0.717) is 5.56 Å². The van der Waals surface area contributed by atoms with Crippen molar-refractivity contribution in [1.29, 1.82) is 0 Å². The van der Waals surface area contributed by atoms with Crippen LogP contribution in [0.4, 0.5) is 28.0 Å². The lowest BCUT2D eigenvalue weighted by atomic mass is 10.2. The molecule has 0 aliphatic rings. The lowest BCUT2D eigenvalue weighted by molar-refractivity contribution is -0.137. The van der Waals surface area contributed by atoms with Gasteiger partial charge in [-0.1, -0.05) is 6.07 Å². The first-order chi connectivity index (χ1) is 16.6. The molecule has 0 aliphatic heterocycles. The van der Waals surface area contributed by atoms with Crippen LogP contribution in [0.1, 0.15) is 21.6 Å². The number of nitrogens with zero attached hydrogens (tertiary/aromatic N) is 1. The van der Waals surface area contributed by atoms with Crippen LogP contribution in [0, 0.1) is 5.82 Å². The second-order valence-electron chi connectivity index (χ2n) is 7.04. The fourth-order valence-electron chi connectivity index (χ4n) is 2.92. The number of benzene rings is 2. The number of nitrogens with one attached hydrogen (secondary N) is 3. The van der Waals surface area contributed by atoms with Crippen molar-refractivity contribution >= 4 is 17.6 Å². The number of ether oxygens (including phenoxy) is 2. The topological polar surface area (TPSA) is 102 Å². The summed E-state index contributed by atoms with van der Waals surface area (Å²) in [4.78, 5) is 27.8. The summed E-state index contributed by atoms with van der Waals surface area (Å²) in [5, 5.41) is 7.14. The van der Waals surface area contributed by atoms with Crippen molar-refractivity contribution < 1.29 is 36.6 Å². The zero-order valence-corrected chi connectivity index (χ0v) is 18.5. The van der Waals surface area contributed by atoms with Crippen molar-refractivity contribution in [1.82, 2.24) is 15.6 Å². The fraction of sp³-hybridized carbons (Fsp3) is 0.174. The number of aromatic nitrogens is 1. The van der Waals surface area contributed by atoms with Crippen LogP contribution in [0.2, 0.25) is 0 Å². The van der Waals surface area contributed by atoms with Crippen molar-refractivity contribution in [2.24, 2.45) is 0 Å². The van der Waals surface area contributed by atoms with E-state index in [9.17, 15) is 27.2 Å². The Morgan fingerprint density at radius 2 is 1.77 bits per heavy atom. The first-order valence-corrected chi connectivity index (χ1v) is 10.0. The lowest BCUT2D eigenvalue weighted by Crippen LogP contribution is -2.28. The lowest BCUT2D eigenvalue weighted by Gasteiger charge is -2.14. The van der Waals surface area contributed by atoms with Gasteiger partial charge in [0.25, 0.3) is 5.91 Å².